The molecule has 2 aliphatic heterocycles. The molecule has 3 aliphatic rings. The first-order chi connectivity index (χ1) is 17.3. The minimum absolute atomic E-state index is 0.149. The summed E-state index contributed by atoms with van der Waals surface area (Å²) in [5, 5.41) is 0. The average Bonchev–Trinajstić information content (AvgIpc) is 2.88. The van der Waals surface area contributed by atoms with Crippen LogP contribution in [-0.2, 0) is 9.53 Å². The molecule has 0 unspecified atom stereocenters. The van der Waals surface area contributed by atoms with Crippen molar-refractivity contribution in [2.45, 2.75) is 18.9 Å². The van der Waals surface area contributed by atoms with Crippen LogP contribution >= 0.6 is 0 Å². The van der Waals surface area contributed by atoms with Gasteiger partial charge >= 0.3 is 0 Å². The Hall–Kier alpha value is -2.59. The van der Waals surface area contributed by atoms with Gasteiger partial charge in [0.05, 0.1) is 13.2 Å². The highest BCUT2D eigenvalue weighted by molar-refractivity contribution is 6.27. The molecule has 1 aliphatic carbocycles. The molecule has 4 rings (SSSR count). The quantitative estimate of drug-likeness (QED) is 0.527. The third-order valence-electron chi connectivity index (χ3n) is 7.58. The maximum Gasteiger partial charge on any atom is 0.241 e. The molecule has 1 amide bonds. The number of likely N-dealkylation sites (N-methyl/N-ethyl adjacent to an activating group) is 1. The molecule has 2 heterocycles. The number of carbonyl (C=O) groups excluding carboxylic acids is 3. The van der Waals surface area contributed by atoms with E-state index in [0.717, 1.165) is 39.3 Å². The highest BCUT2D eigenvalue weighted by Crippen LogP contribution is 2.30. The van der Waals surface area contributed by atoms with E-state index in [-0.39, 0.29) is 48.6 Å². The number of carbonyl (C=O) groups is 3. The van der Waals surface area contributed by atoms with Crippen molar-refractivity contribution in [2.24, 2.45) is 0 Å². The number of piperidine rings is 1. The van der Waals surface area contributed by atoms with Crippen LogP contribution in [0, 0.1) is 0 Å². The Labute approximate surface area is 214 Å². The van der Waals surface area contributed by atoms with E-state index in [1.54, 1.807) is 50.4 Å². The molecule has 0 spiro atoms. The van der Waals surface area contributed by atoms with Gasteiger partial charge in [-0.3, -0.25) is 24.2 Å². The first-order valence-corrected chi connectivity index (χ1v) is 12.9. The number of rotatable bonds is 8. The molecule has 0 radical (unpaired) electrons. The molecule has 9 heteroatoms. The predicted octanol–water partition coefficient (Wildman–Crippen LogP) is 1.03. The van der Waals surface area contributed by atoms with E-state index in [1.807, 2.05) is 0 Å². The van der Waals surface area contributed by atoms with Crippen LogP contribution in [0.5, 0.6) is 0 Å². The van der Waals surface area contributed by atoms with Gasteiger partial charge in [0, 0.05) is 71.1 Å². The lowest BCUT2D eigenvalue weighted by Gasteiger charge is -2.42. The van der Waals surface area contributed by atoms with Crippen LogP contribution in [0.3, 0.4) is 0 Å². The van der Waals surface area contributed by atoms with Crippen LogP contribution in [-0.4, -0.2) is 135 Å². The summed E-state index contributed by atoms with van der Waals surface area (Å²) in [6, 6.07) is 7.44. The second kappa shape index (κ2) is 11.6. The van der Waals surface area contributed by atoms with Crippen molar-refractivity contribution in [3.8, 4) is 0 Å². The lowest BCUT2D eigenvalue weighted by Crippen LogP contribution is -2.55. The summed E-state index contributed by atoms with van der Waals surface area (Å²) >= 11 is 0. The average molecular weight is 498 g/mol. The number of likely N-dealkylation sites (tertiary alicyclic amines) is 1. The van der Waals surface area contributed by atoms with Gasteiger partial charge in [-0.25, -0.2) is 0 Å². The molecule has 9 nitrogen and oxygen atoms in total. The summed E-state index contributed by atoms with van der Waals surface area (Å²) in [5.41, 5.74) is 1.11. The van der Waals surface area contributed by atoms with Crippen LogP contribution < -0.4 is 0 Å². The Morgan fingerprint density at radius 1 is 0.944 bits per heavy atom. The van der Waals surface area contributed by atoms with Gasteiger partial charge in [-0.15, -0.1) is 0 Å². The maximum atomic E-state index is 13.7. The van der Waals surface area contributed by atoms with Crippen molar-refractivity contribution < 1.29 is 19.1 Å². The Balaban J connectivity index is 1.50. The zero-order valence-corrected chi connectivity index (χ0v) is 22.0. The number of Topliss-reactive ketones (excluding diaryl/α,β-unsaturated/α-hetero) is 2. The van der Waals surface area contributed by atoms with Crippen molar-refractivity contribution in [1.29, 1.82) is 0 Å². The number of nitrogens with zero attached hydrogens (tertiary/aromatic N) is 5. The molecular formula is C27H39N5O4. The molecule has 0 aromatic heterocycles. The van der Waals surface area contributed by atoms with Crippen LogP contribution in [0.1, 0.15) is 33.6 Å². The number of fused-ring (bicyclic) bond motifs is 1. The second-order valence-electron chi connectivity index (χ2n) is 10.2. The molecule has 1 aromatic rings. The number of methoxy groups -OCH3 is 1. The minimum Gasteiger partial charge on any atom is -0.383 e. The van der Waals surface area contributed by atoms with Gasteiger partial charge in [-0.2, -0.15) is 0 Å². The second-order valence-corrected chi connectivity index (χ2v) is 10.2. The summed E-state index contributed by atoms with van der Waals surface area (Å²) in [6.07, 6.45) is 2.39. The minimum atomic E-state index is -0.301. The van der Waals surface area contributed by atoms with Gasteiger partial charge in [0.1, 0.15) is 11.4 Å². The van der Waals surface area contributed by atoms with Crippen LogP contribution in [0.2, 0.25) is 0 Å². The van der Waals surface area contributed by atoms with E-state index in [2.05, 4.69) is 21.7 Å². The van der Waals surface area contributed by atoms with Gasteiger partial charge in [-0.05, 0) is 33.0 Å². The highest BCUT2D eigenvalue weighted by atomic mass is 16.5. The Bertz CT molecular complexity index is 1010. The number of ether oxygens (including phenoxy) is 1. The highest BCUT2D eigenvalue weighted by Gasteiger charge is 2.38. The fourth-order valence-electron chi connectivity index (χ4n) is 5.48. The van der Waals surface area contributed by atoms with E-state index in [4.69, 9.17) is 4.74 Å². The normalized spacial score (nSPS) is 20.6. The van der Waals surface area contributed by atoms with Crippen molar-refractivity contribution in [3.05, 3.63) is 46.8 Å². The van der Waals surface area contributed by atoms with E-state index in [9.17, 15) is 14.4 Å². The molecule has 0 N–H and O–H groups in total. The molecule has 0 saturated carbocycles. The third kappa shape index (κ3) is 5.54. The van der Waals surface area contributed by atoms with Crippen molar-refractivity contribution in [3.63, 3.8) is 0 Å². The summed E-state index contributed by atoms with van der Waals surface area (Å²) in [5.74, 6) is -0.729. The van der Waals surface area contributed by atoms with Gasteiger partial charge in [-0.1, -0.05) is 24.3 Å². The number of piperazine rings is 1. The largest absolute Gasteiger partial charge is 0.383 e. The van der Waals surface area contributed by atoms with Crippen LogP contribution in [0.15, 0.2) is 35.7 Å². The van der Waals surface area contributed by atoms with E-state index >= 15 is 0 Å². The zero-order valence-electron chi connectivity index (χ0n) is 22.0. The van der Waals surface area contributed by atoms with Gasteiger partial charge < -0.3 is 19.4 Å². The molecule has 36 heavy (non-hydrogen) atoms. The van der Waals surface area contributed by atoms with Crippen molar-refractivity contribution >= 4 is 17.5 Å². The van der Waals surface area contributed by atoms with E-state index in [0.29, 0.717) is 17.2 Å². The predicted molar refractivity (Wildman–Crippen MR) is 138 cm³/mol. The Kier molecular flexibility index (Phi) is 8.56. The number of amides is 1. The van der Waals surface area contributed by atoms with Crippen LogP contribution in [0.4, 0.5) is 0 Å². The molecule has 196 valence electrons. The van der Waals surface area contributed by atoms with Crippen molar-refractivity contribution in [1.82, 2.24) is 24.5 Å². The Morgan fingerprint density at radius 3 is 2.08 bits per heavy atom. The number of allylic oxidation sites excluding steroid dienone is 2. The molecule has 2 fully saturated rings. The fourth-order valence-corrected chi connectivity index (χ4v) is 5.48. The molecular weight excluding hydrogens is 458 g/mol. The molecule has 2 saturated heterocycles. The third-order valence-corrected chi connectivity index (χ3v) is 7.58. The fraction of sp³-hybridized carbons (Fsp3) is 0.593. The summed E-state index contributed by atoms with van der Waals surface area (Å²) < 4.78 is 5.27. The topological polar surface area (TPSA) is 76.6 Å². The number of hydrogen-bond acceptors (Lipinski definition) is 8. The number of ketones is 2. The van der Waals surface area contributed by atoms with Gasteiger partial charge in [0.2, 0.25) is 17.5 Å². The standard InChI is InChI=1S/C27H39N5O4/c1-28(2)24-25(27(35)22-8-6-5-7-21(22)26(24)34)32(17-18-36-4)23(33)19-30-13-15-31(16-14-30)20-9-11-29(3)12-10-20/h5-8,20H,9-19H2,1-4H3. The zero-order chi connectivity index (χ0) is 25.8. The first kappa shape index (κ1) is 26.5. The summed E-state index contributed by atoms with van der Waals surface area (Å²) in [6.45, 7) is 6.46. The van der Waals surface area contributed by atoms with E-state index in [1.165, 1.54) is 17.7 Å². The molecule has 0 atom stereocenters. The number of hydrogen-bond donors (Lipinski definition) is 0. The van der Waals surface area contributed by atoms with Gasteiger partial charge in [0.25, 0.3) is 0 Å². The first-order valence-electron chi connectivity index (χ1n) is 12.9. The lowest BCUT2D eigenvalue weighted by atomic mass is 9.89. The monoisotopic (exact) mass is 497 g/mol. The van der Waals surface area contributed by atoms with E-state index < -0.39 is 0 Å². The molecule has 1 aromatic carbocycles. The SMILES string of the molecule is COCCN(C(=O)CN1CCN(C2CCN(C)CC2)CC1)C1=C(N(C)C)C(=O)c2ccccc2C1=O. The maximum absolute atomic E-state index is 13.7. The Morgan fingerprint density at radius 2 is 1.53 bits per heavy atom. The number of benzene rings is 1. The smallest absolute Gasteiger partial charge is 0.241 e. The van der Waals surface area contributed by atoms with Crippen molar-refractivity contribution in [2.75, 3.05) is 87.2 Å². The lowest BCUT2D eigenvalue weighted by molar-refractivity contribution is -0.131. The summed E-state index contributed by atoms with van der Waals surface area (Å²) in [7, 11) is 7.20. The molecule has 0 bridgehead atoms. The van der Waals surface area contributed by atoms with Gasteiger partial charge in [0.15, 0.2) is 0 Å². The summed E-state index contributed by atoms with van der Waals surface area (Å²) in [4.78, 5) is 50.9. The van der Waals surface area contributed by atoms with Crippen LogP contribution in [0.25, 0.3) is 0 Å².